The minimum Gasteiger partial charge on any atom is -0.481 e. The molecule has 0 saturated heterocycles. The van der Waals surface area contributed by atoms with E-state index < -0.39 is 17.3 Å². The van der Waals surface area contributed by atoms with Crippen molar-refractivity contribution in [2.75, 3.05) is 13.6 Å². The number of carbonyl (C=O) groups is 2. The highest BCUT2D eigenvalue weighted by Crippen LogP contribution is 2.58. The van der Waals surface area contributed by atoms with Crippen LogP contribution >= 0.6 is 0 Å². The summed E-state index contributed by atoms with van der Waals surface area (Å²) < 4.78 is 0. The Kier molecular flexibility index (Phi) is 3.84. The lowest BCUT2D eigenvalue weighted by molar-refractivity contribution is -0.141. The highest BCUT2D eigenvalue weighted by atomic mass is 16.4. The number of nitrogens with zero attached hydrogens (tertiary/aromatic N) is 1. The van der Waals surface area contributed by atoms with Crippen LogP contribution in [0.3, 0.4) is 0 Å². The van der Waals surface area contributed by atoms with Crippen LogP contribution in [0.25, 0.3) is 0 Å². The van der Waals surface area contributed by atoms with Crippen molar-refractivity contribution in [1.29, 1.82) is 0 Å². The molecule has 17 heavy (non-hydrogen) atoms. The van der Waals surface area contributed by atoms with Crippen LogP contribution in [0.5, 0.6) is 0 Å². The third-order valence-electron chi connectivity index (χ3n) is 4.02. The van der Waals surface area contributed by atoms with Crippen molar-refractivity contribution >= 4 is 11.9 Å². The second-order valence-electron chi connectivity index (χ2n) is 5.85. The molecular formula is C13H23NO3. The highest BCUT2D eigenvalue weighted by Gasteiger charge is 2.66. The minimum atomic E-state index is -0.856. The maximum absolute atomic E-state index is 12.1. The lowest BCUT2D eigenvalue weighted by Gasteiger charge is -2.21. The van der Waals surface area contributed by atoms with E-state index in [-0.39, 0.29) is 11.8 Å². The Morgan fingerprint density at radius 1 is 1.35 bits per heavy atom. The molecule has 98 valence electrons. The van der Waals surface area contributed by atoms with E-state index in [1.165, 1.54) is 0 Å². The Bertz CT molecular complexity index is 325. The van der Waals surface area contributed by atoms with Crippen LogP contribution in [0.15, 0.2) is 0 Å². The summed E-state index contributed by atoms with van der Waals surface area (Å²) >= 11 is 0. The van der Waals surface area contributed by atoms with E-state index in [2.05, 4.69) is 13.8 Å². The molecule has 1 aliphatic rings. The van der Waals surface area contributed by atoms with Gasteiger partial charge in [-0.1, -0.05) is 34.1 Å². The van der Waals surface area contributed by atoms with Crippen LogP contribution < -0.4 is 0 Å². The molecule has 1 saturated carbocycles. The lowest BCUT2D eigenvalue weighted by atomic mass is 10.1. The largest absolute Gasteiger partial charge is 0.481 e. The molecule has 1 fully saturated rings. The summed E-state index contributed by atoms with van der Waals surface area (Å²) in [5.74, 6) is -1.30. The van der Waals surface area contributed by atoms with Crippen LogP contribution in [-0.2, 0) is 9.59 Å². The molecule has 0 heterocycles. The van der Waals surface area contributed by atoms with Crippen LogP contribution in [0, 0.1) is 23.2 Å². The monoisotopic (exact) mass is 241 g/mol. The zero-order valence-corrected chi connectivity index (χ0v) is 11.4. The molecule has 0 aromatic heterocycles. The summed E-state index contributed by atoms with van der Waals surface area (Å²) in [7, 11) is 1.77. The molecule has 1 rings (SSSR count). The predicted octanol–water partition coefficient (Wildman–Crippen LogP) is 1.85. The van der Waals surface area contributed by atoms with Gasteiger partial charge in [0.15, 0.2) is 0 Å². The van der Waals surface area contributed by atoms with Crippen LogP contribution in [0.4, 0.5) is 0 Å². The Balaban J connectivity index is 2.63. The molecule has 0 spiro atoms. The number of carboxylic acids is 1. The number of hydrogen-bond acceptors (Lipinski definition) is 2. The van der Waals surface area contributed by atoms with E-state index in [0.29, 0.717) is 12.5 Å². The van der Waals surface area contributed by atoms with Crippen molar-refractivity contribution in [3.8, 4) is 0 Å². The van der Waals surface area contributed by atoms with Gasteiger partial charge >= 0.3 is 5.97 Å². The lowest BCUT2D eigenvalue weighted by Crippen LogP contribution is -2.33. The zero-order chi connectivity index (χ0) is 13.4. The van der Waals surface area contributed by atoms with Gasteiger partial charge < -0.3 is 10.0 Å². The van der Waals surface area contributed by atoms with E-state index >= 15 is 0 Å². The van der Waals surface area contributed by atoms with E-state index in [1.54, 1.807) is 11.9 Å². The maximum Gasteiger partial charge on any atom is 0.307 e. The third kappa shape index (κ3) is 2.61. The van der Waals surface area contributed by atoms with Crippen molar-refractivity contribution < 1.29 is 14.7 Å². The van der Waals surface area contributed by atoms with E-state index in [9.17, 15) is 9.59 Å². The molecule has 0 aromatic carbocycles. The van der Waals surface area contributed by atoms with E-state index in [0.717, 1.165) is 6.42 Å². The predicted molar refractivity (Wildman–Crippen MR) is 65.5 cm³/mol. The van der Waals surface area contributed by atoms with Gasteiger partial charge in [0, 0.05) is 13.6 Å². The number of hydrogen-bond donors (Lipinski definition) is 1. The first-order valence-corrected chi connectivity index (χ1v) is 6.21. The third-order valence-corrected chi connectivity index (χ3v) is 4.02. The van der Waals surface area contributed by atoms with Crippen LogP contribution in [0.1, 0.15) is 34.1 Å². The zero-order valence-electron chi connectivity index (χ0n) is 11.4. The second kappa shape index (κ2) is 4.67. The number of rotatable bonds is 5. The molecule has 3 atom stereocenters. The molecule has 1 amide bonds. The van der Waals surface area contributed by atoms with Crippen molar-refractivity contribution in [2.24, 2.45) is 23.2 Å². The van der Waals surface area contributed by atoms with Gasteiger partial charge in [0.05, 0.1) is 11.8 Å². The summed E-state index contributed by atoms with van der Waals surface area (Å²) in [5, 5.41) is 9.05. The molecular weight excluding hydrogens is 218 g/mol. The molecule has 4 heteroatoms. The van der Waals surface area contributed by atoms with Gasteiger partial charge in [0.2, 0.25) is 5.91 Å². The van der Waals surface area contributed by atoms with Crippen molar-refractivity contribution in [2.45, 2.75) is 34.1 Å². The molecule has 0 bridgehead atoms. The molecule has 4 nitrogen and oxygen atoms in total. The Morgan fingerprint density at radius 3 is 2.24 bits per heavy atom. The summed E-state index contributed by atoms with van der Waals surface area (Å²) in [6.07, 6.45) is 1.02. The average molecular weight is 241 g/mol. The second-order valence-corrected chi connectivity index (χ2v) is 5.85. The average Bonchev–Trinajstić information content (AvgIpc) is 2.80. The first kappa shape index (κ1) is 14.0. The van der Waals surface area contributed by atoms with Crippen molar-refractivity contribution in [3.63, 3.8) is 0 Å². The normalized spacial score (nSPS) is 27.4. The van der Waals surface area contributed by atoms with Crippen molar-refractivity contribution in [1.82, 2.24) is 4.90 Å². The first-order chi connectivity index (χ1) is 7.73. The number of aliphatic carboxylic acids is 1. The molecule has 1 aliphatic carbocycles. The quantitative estimate of drug-likeness (QED) is 0.799. The van der Waals surface area contributed by atoms with Gasteiger partial charge in [-0.15, -0.1) is 0 Å². The fourth-order valence-corrected chi connectivity index (χ4v) is 2.48. The summed E-state index contributed by atoms with van der Waals surface area (Å²) in [5.41, 5.74) is -0.396. The summed E-state index contributed by atoms with van der Waals surface area (Å²) in [6.45, 7) is 8.59. The highest BCUT2D eigenvalue weighted by molar-refractivity contribution is 5.91. The standard InChI is InChI=1S/C13H23NO3/c1-6-8(2)7-14(5)11(15)9-10(12(16)17)13(9,3)4/h8-10H,6-7H2,1-5H3,(H,16,17). The molecule has 3 unspecified atom stereocenters. The Morgan fingerprint density at radius 2 is 1.88 bits per heavy atom. The minimum absolute atomic E-state index is 0.0253. The van der Waals surface area contributed by atoms with Crippen LogP contribution in [0.2, 0.25) is 0 Å². The fraction of sp³-hybridized carbons (Fsp3) is 0.846. The fourth-order valence-electron chi connectivity index (χ4n) is 2.48. The van der Waals surface area contributed by atoms with Gasteiger partial charge in [-0.2, -0.15) is 0 Å². The Hall–Kier alpha value is -1.06. The Labute approximate surface area is 103 Å². The molecule has 0 aliphatic heterocycles. The molecule has 0 aromatic rings. The van der Waals surface area contributed by atoms with Gasteiger partial charge in [0.25, 0.3) is 0 Å². The molecule has 1 N–H and O–H groups in total. The van der Waals surface area contributed by atoms with Gasteiger partial charge in [-0.3, -0.25) is 9.59 Å². The summed E-state index contributed by atoms with van der Waals surface area (Å²) in [6, 6.07) is 0. The first-order valence-electron chi connectivity index (χ1n) is 6.21. The smallest absolute Gasteiger partial charge is 0.307 e. The number of amides is 1. The number of carbonyl (C=O) groups excluding carboxylic acids is 1. The van der Waals surface area contributed by atoms with Crippen LogP contribution in [-0.4, -0.2) is 35.5 Å². The molecule has 0 radical (unpaired) electrons. The van der Waals surface area contributed by atoms with Gasteiger partial charge in [-0.05, 0) is 11.3 Å². The van der Waals surface area contributed by atoms with Gasteiger partial charge in [-0.25, -0.2) is 0 Å². The topological polar surface area (TPSA) is 57.6 Å². The maximum atomic E-state index is 12.1. The number of carboxylic acid groups (broad SMARTS) is 1. The van der Waals surface area contributed by atoms with E-state index in [4.69, 9.17) is 5.11 Å². The SMILES string of the molecule is CCC(C)CN(C)C(=O)C1C(C(=O)O)C1(C)C. The van der Waals surface area contributed by atoms with Gasteiger partial charge in [0.1, 0.15) is 0 Å². The van der Waals surface area contributed by atoms with Crippen molar-refractivity contribution in [3.05, 3.63) is 0 Å². The van der Waals surface area contributed by atoms with E-state index in [1.807, 2.05) is 13.8 Å². The summed E-state index contributed by atoms with van der Waals surface area (Å²) in [4.78, 5) is 24.9.